The first-order valence-corrected chi connectivity index (χ1v) is 5.63. The van der Waals surface area contributed by atoms with Crippen molar-refractivity contribution < 1.29 is 17.1 Å². The molecule has 0 N–H and O–H groups in total. The molecule has 0 saturated carbocycles. The van der Waals surface area contributed by atoms with Gasteiger partial charge in [-0.05, 0) is 6.42 Å². The van der Waals surface area contributed by atoms with E-state index < -0.39 is 0 Å². The number of hydrogen-bond acceptors (Lipinski definition) is 0. The molecule has 0 bridgehead atoms. The fourth-order valence-electron chi connectivity index (χ4n) is 1.84. The molecule has 0 atom stereocenters. The quantitative estimate of drug-likeness (QED) is 0.527. The Kier molecular flexibility index (Phi) is 5.76. The number of rotatable bonds is 1. The van der Waals surface area contributed by atoms with Gasteiger partial charge in [-0.1, -0.05) is 19.1 Å². The van der Waals surface area contributed by atoms with Crippen molar-refractivity contribution in [1.82, 2.24) is 0 Å². The van der Waals surface area contributed by atoms with Gasteiger partial charge in [-0.3, -0.25) is 0 Å². The van der Waals surface area contributed by atoms with Crippen molar-refractivity contribution in [3.63, 3.8) is 0 Å². The minimum absolute atomic E-state index is 0. The van der Waals surface area contributed by atoms with Crippen molar-refractivity contribution in [2.24, 2.45) is 0 Å². The van der Waals surface area contributed by atoms with E-state index in [1.54, 1.807) is 0 Å². The molecule has 1 aliphatic carbocycles. The molecule has 94 valence electrons. The zero-order valence-corrected chi connectivity index (χ0v) is 11.0. The monoisotopic (exact) mass is 264 g/mol. The molecular formula is C16H16Fe-6. The summed E-state index contributed by atoms with van der Waals surface area (Å²) in [6.45, 7) is 2.16. The van der Waals surface area contributed by atoms with Crippen LogP contribution in [0.2, 0.25) is 0 Å². The summed E-state index contributed by atoms with van der Waals surface area (Å²) in [5.41, 5.74) is 4.25. The Morgan fingerprint density at radius 1 is 1.12 bits per heavy atom. The normalized spacial score (nSPS) is 12.4. The molecule has 1 heteroatoms. The predicted octanol–water partition coefficient (Wildman–Crippen LogP) is 4.46. The molecule has 0 nitrogen and oxygen atoms in total. The van der Waals surface area contributed by atoms with Crippen molar-refractivity contribution in [2.75, 3.05) is 0 Å². The summed E-state index contributed by atoms with van der Waals surface area (Å²) in [5.74, 6) is 0. The molecule has 0 fully saturated rings. The predicted molar refractivity (Wildman–Crippen MR) is 70.5 cm³/mol. The van der Waals surface area contributed by atoms with Crippen LogP contribution in [0.1, 0.15) is 17.5 Å². The van der Waals surface area contributed by atoms with Crippen LogP contribution in [0, 0.1) is 6.92 Å². The average Bonchev–Trinajstić information content (AvgIpc) is 3.02. The summed E-state index contributed by atoms with van der Waals surface area (Å²) >= 11 is 0. The minimum Gasteiger partial charge on any atom is -0.748 e. The summed E-state index contributed by atoms with van der Waals surface area (Å²) < 4.78 is 0. The first-order valence-electron chi connectivity index (χ1n) is 5.63. The van der Waals surface area contributed by atoms with E-state index >= 15 is 0 Å². The molecule has 1 aliphatic rings. The molecule has 17 heavy (non-hydrogen) atoms. The fraction of sp³-hybridized carbons (Fsp3) is 0.125. The smallest absolute Gasteiger partial charge is 0 e. The van der Waals surface area contributed by atoms with Crippen molar-refractivity contribution >= 4 is 5.57 Å². The van der Waals surface area contributed by atoms with Crippen LogP contribution < -0.4 is 0 Å². The van der Waals surface area contributed by atoms with Crippen molar-refractivity contribution in [3.8, 4) is 0 Å². The van der Waals surface area contributed by atoms with Gasteiger partial charge in [0.15, 0.2) is 0 Å². The molecule has 0 spiro atoms. The molecule has 0 radical (unpaired) electrons. The summed E-state index contributed by atoms with van der Waals surface area (Å²) in [5, 5.41) is 0. The van der Waals surface area contributed by atoms with Crippen molar-refractivity contribution in [3.05, 3.63) is 77.9 Å². The summed E-state index contributed by atoms with van der Waals surface area (Å²) in [7, 11) is 0. The van der Waals surface area contributed by atoms with E-state index in [4.69, 9.17) is 0 Å². The first-order chi connectivity index (χ1) is 7.88. The van der Waals surface area contributed by atoms with E-state index in [9.17, 15) is 0 Å². The molecule has 0 aromatic heterocycles. The van der Waals surface area contributed by atoms with Crippen LogP contribution in [-0.4, -0.2) is 0 Å². The van der Waals surface area contributed by atoms with Crippen LogP contribution in [0.3, 0.4) is 0 Å². The largest absolute Gasteiger partial charge is 0.748 e. The zero-order valence-electron chi connectivity index (χ0n) is 9.91. The summed E-state index contributed by atoms with van der Waals surface area (Å²) in [4.78, 5) is 0. The zero-order chi connectivity index (χ0) is 11.2. The Balaban J connectivity index is 0.000000205. The number of allylic oxidation sites excluding steroid dienone is 4. The second kappa shape index (κ2) is 7.11. The molecule has 0 amide bonds. The van der Waals surface area contributed by atoms with Gasteiger partial charge in [0.2, 0.25) is 0 Å². The number of hydrogen-bond donors (Lipinski definition) is 0. The van der Waals surface area contributed by atoms with E-state index in [0.717, 1.165) is 6.42 Å². The van der Waals surface area contributed by atoms with Crippen LogP contribution in [0.25, 0.3) is 5.57 Å². The van der Waals surface area contributed by atoms with E-state index in [0.29, 0.717) is 0 Å². The van der Waals surface area contributed by atoms with Gasteiger partial charge >= 0.3 is 0 Å². The number of aryl methyl sites for hydroxylation is 1. The van der Waals surface area contributed by atoms with Crippen LogP contribution in [-0.2, 0) is 17.1 Å². The maximum absolute atomic E-state index is 2.20. The molecule has 0 saturated heterocycles. The first kappa shape index (κ1) is 13.8. The fourth-order valence-corrected chi connectivity index (χ4v) is 1.84. The van der Waals surface area contributed by atoms with Gasteiger partial charge in [-0.2, -0.15) is 23.8 Å². The maximum atomic E-state index is 2.20. The van der Waals surface area contributed by atoms with Gasteiger partial charge in [-0.15, -0.1) is 17.2 Å². The third kappa shape index (κ3) is 3.89. The Labute approximate surface area is 114 Å². The summed E-state index contributed by atoms with van der Waals surface area (Å²) in [6.07, 6.45) is 7.62. The van der Waals surface area contributed by atoms with Gasteiger partial charge in [0, 0.05) is 17.1 Å². The van der Waals surface area contributed by atoms with Gasteiger partial charge < -0.3 is 30.3 Å². The SMILES string of the molecule is C[c-]1cccc1C1=CC=CC1.[Fe].[cH-]1[cH-][cH-][cH-][cH-]1. The van der Waals surface area contributed by atoms with Crippen molar-refractivity contribution in [1.29, 1.82) is 0 Å². The van der Waals surface area contributed by atoms with Crippen LogP contribution in [0.4, 0.5) is 0 Å². The maximum Gasteiger partial charge on any atom is 0 e. The van der Waals surface area contributed by atoms with E-state index in [1.807, 2.05) is 30.3 Å². The van der Waals surface area contributed by atoms with Gasteiger partial charge in [0.1, 0.15) is 0 Å². The Morgan fingerprint density at radius 3 is 2.18 bits per heavy atom. The molecule has 0 unspecified atom stereocenters. The van der Waals surface area contributed by atoms with Gasteiger partial charge in [-0.25, -0.2) is 0 Å². The average molecular weight is 264 g/mol. The second-order valence-corrected chi connectivity index (χ2v) is 3.91. The molecule has 0 heterocycles. The standard InChI is InChI=1S/C11H11.C5H5.Fe/c1-9-5-4-8-11(9)10-6-2-3-7-10;1-2-4-5-3-1;/h2-6,8H,7H2,1H3;1-5H;/q-1;-5;. The van der Waals surface area contributed by atoms with Gasteiger partial charge in [0.25, 0.3) is 0 Å². The van der Waals surface area contributed by atoms with E-state index in [2.05, 4.69) is 43.4 Å². The van der Waals surface area contributed by atoms with Crippen LogP contribution in [0.15, 0.2) is 66.8 Å². The van der Waals surface area contributed by atoms with Crippen molar-refractivity contribution in [2.45, 2.75) is 13.3 Å². The third-order valence-electron chi connectivity index (χ3n) is 2.71. The van der Waals surface area contributed by atoms with Gasteiger partial charge in [0.05, 0.1) is 0 Å². The molecule has 2 aromatic rings. The molecule has 2 aromatic carbocycles. The summed E-state index contributed by atoms with van der Waals surface area (Å²) in [6, 6.07) is 16.5. The van der Waals surface area contributed by atoms with Crippen LogP contribution >= 0.6 is 0 Å². The Morgan fingerprint density at radius 2 is 1.76 bits per heavy atom. The molecular weight excluding hydrogens is 248 g/mol. The van der Waals surface area contributed by atoms with E-state index in [-0.39, 0.29) is 17.1 Å². The Hall–Kier alpha value is -1.30. The van der Waals surface area contributed by atoms with Crippen LogP contribution in [0.5, 0.6) is 0 Å². The third-order valence-corrected chi connectivity index (χ3v) is 2.71. The Bertz CT molecular complexity index is 452. The molecule has 0 aliphatic heterocycles. The second-order valence-electron chi connectivity index (χ2n) is 3.91. The topological polar surface area (TPSA) is 0 Å². The minimum atomic E-state index is 0. The molecule has 3 rings (SSSR count). The van der Waals surface area contributed by atoms with E-state index in [1.165, 1.54) is 16.7 Å².